The molecule has 74 valence electrons. The second-order valence-corrected chi connectivity index (χ2v) is 3.41. The Morgan fingerprint density at radius 2 is 1.58 bits per heavy atom. The fourth-order valence-electron chi connectivity index (χ4n) is 1.86. The van der Waals surface area contributed by atoms with Crippen molar-refractivity contribution < 1.29 is 0 Å². The minimum absolute atomic E-state index is 0.822. The van der Waals surface area contributed by atoms with Crippen LogP contribution in [-0.2, 0) is 0 Å². The lowest BCUT2D eigenvalue weighted by Gasteiger charge is -2.27. The highest BCUT2D eigenvalue weighted by molar-refractivity contribution is 4.74. The van der Waals surface area contributed by atoms with Crippen molar-refractivity contribution in [3.05, 3.63) is 0 Å². The molecule has 1 N–H and O–H groups in total. The summed E-state index contributed by atoms with van der Waals surface area (Å²) in [6.45, 7) is 6.31. The smallest absolute Gasteiger partial charge is 0.00642 e. The van der Waals surface area contributed by atoms with E-state index in [2.05, 4.69) is 19.3 Å². The molecule has 1 aliphatic rings. The summed E-state index contributed by atoms with van der Waals surface area (Å²) in [6, 6.07) is 0.822. The molecule has 0 aliphatic heterocycles. The van der Waals surface area contributed by atoms with Crippen molar-refractivity contribution in [2.45, 2.75) is 58.9 Å². The van der Waals surface area contributed by atoms with E-state index in [1.54, 1.807) is 0 Å². The fraction of sp³-hybridized carbons (Fsp3) is 1.00. The van der Waals surface area contributed by atoms with E-state index in [9.17, 15) is 0 Å². The first-order valence-corrected chi connectivity index (χ1v) is 5.54. The fourth-order valence-corrected chi connectivity index (χ4v) is 1.86. The molecule has 0 spiro atoms. The van der Waals surface area contributed by atoms with Gasteiger partial charge in [-0.25, -0.2) is 0 Å². The van der Waals surface area contributed by atoms with Crippen LogP contribution in [0.25, 0.3) is 0 Å². The topological polar surface area (TPSA) is 12.0 Å². The Morgan fingerprint density at radius 3 is 1.92 bits per heavy atom. The minimum Gasteiger partial charge on any atom is -0.317 e. The average molecular weight is 171 g/mol. The molecule has 1 heteroatoms. The molecule has 0 amide bonds. The third-order valence-corrected chi connectivity index (χ3v) is 2.83. The van der Waals surface area contributed by atoms with E-state index in [1.807, 2.05) is 13.8 Å². The van der Waals surface area contributed by atoms with E-state index in [0.717, 1.165) is 12.0 Å². The van der Waals surface area contributed by atoms with Crippen LogP contribution in [0.4, 0.5) is 0 Å². The van der Waals surface area contributed by atoms with Crippen LogP contribution < -0.4 is 5.32 Å². The third-order valence-electron chi connectivity index (χ3n) is 2.83. The lowest BCUT2D eigenvalue weighted by Crippen LogP contribution is -2.29. The van der Waals surface area contributed by atoms with Crippen LogP contribution in [0.1, 0.15) is 52.9 Å². The van der Waals surface area contributed by atoms with Gasteiger partial charge in [-0.15, -0.1) is 0 Å². The van der Waals surface area contributed by atoms with E-state index in [1.165, 1.54) is 32.1 Å². The lowest BCUT2D eigenvalue weighted by molar-refractivity contribution is 0.296. The quantitative estimate of drug-likeness (QED) is 0.673. The molecule has 0 unspecified atom stereocenters. The van der Waals surface area contributed by atoms with Gasteiger partial charge in [0, 0.05) is 6.04 Å². The van der Waals surface area contributed by atoms with Gasteiger partial charge in [0.15, 0.2) is 0 Å². The van der Waals surface area contributed by atoms with Gasteiger partial charge in [-0.1, -0.05) is 27.2 Å². The summed E-state index contributed by atoms with van der Waals surface area (Å²) < 4.78 is 0. The van der Waals surface area contributed by atoms with Crippen LogP contribution in [0.5, 0.6) is 0 Å². The van der Waals surface area contributed by atoms with Crippen LogP contribution in [0.15, 0.2) is 0 Å². The molecule has 0 aromatic rings. The Bertz CT molecular complexity index is 71.0. The number of rotatable bonds is 2. The summed E-state index contributed by atoms with van der Waals surface area (Å²) in [7, 11) is 2.08. The maximum atomic E-state index is 3.35. The van der Waals surface area contributed by atoms with Crippen molar-refractivity contribution in [2.24, 2.45) is 5.92 Å². The predicted octanol–water partition coefficient (Wildman–Crippen LogP) is 3.20. The standard InChI is InChI=1S/C9H19N.C2H6/c1-3-8-4-6-9(10-2)7-5-8;1-2/h8-10H,3-7H2,1-2H3;1-2H3. The van der Waals surface area contributed by atoms with Crippen LogP contribution in [0, 0.1) is 5.92 Å². The van der Waals surface area contributed by atoms with Crippen molar-refractivity contribution in [3.8, 4) is 0 Å². The van der Waals surface area contributed by atoms with Crippen molar-refractivity contribution in [2.75, 3.05) is 7.05 Å². The summed E-state index contributed by atoms with van der Waals surface area (Å²) >= 11 is 0. The minimum atomic E-state index is 0.822. The maximum absolute atomic E-state index is 3.35. The average Bonchev–Trinajstić information content (AvgIpc) is 2.21. The SMILES string of the molecule is CC.CCC1CCC(NC)CC1. The summed E-state index contributed by atoms with van der Waals surface area (Å²) in [5, 5.41) is 3.35. The second-order valence-electron chi connectivity index (χ2n) is 3.41. The first-order valence-electron chi connectivity index (χ1n) is 5.54. The van der Waals surface area contributed by atoms with Crippen LogP contribution >= 0.6 is 0 Å². The molecule has 1 fully saturated rings. The Balaban J connectivity index is 0.000000561. The zero-order valence-electron chi connectivity index (χ0n) is 9.19. The van der Waals surface area contributed by atoms with Crippen LogP contribution in [0.3, 0.4) is 0 Å². The van der Waals surface area contributed by atoms with Crippen LogP contribution in [-0.4, -0.2) is 13.1 Å². The van der Waals surface area contributed by atoms with E-state index < -0.39 is 0 Å². The maximum Gasteiger partial charge on any atom is 0.00642 e. The zero-order valence-corrected chi connectivity index (χ0v) is 9.19. The normalized spacial score (nSPS) is 29.0. The summed E-state index contributed by atoms with van der Waals surface area (Å²) in [4.78, 5) is 0. The summed E-state index contributed by atoms with van der Waals surface area (Å²) in [5.74, 6) is 1.03. The monoisotopic (exact) mass is 171 g/mol. The van der Waals surface area contributed by atoms with Gasteiger partial charge in [0.25, 0.3) is 0 Å². The second kappa shape index (κ2) is 7.60. The predicted molar refractivity (Wildman–Crippen MR) is 56.4 cm³/mol. The van der Waals surface area contributed by atoms with Gasteiger partial charge in [0.1, 0.15) is 0 Å². The van der Waals surface area contributed by atoms with E-state index in [-0.39, 0.29) is 0 Å². The van der Waals surface area contributed by atoms with Gasteiger partial charge in [-0.2, -0.15) is 0 Å². The summed E-state index contributed by atoms with van der Waals surface area (Å²) in [5.41, 5.74) is 0. The van der Waals surface area contributed by atoms with Gasteiger partial charge in [-0.05, 0) is 38.6 Å². The molecular weight excluding hydrogens is 146 g/mol. The Kier molecular flexibility index (Phi) is 7.58. The molecule has 12 heavy (non-hydrogen) atoms. The third kappa shape index (κ3) is 4.10. The summed E-state index contributed by atoms with van der Waals surface area (Å²) in [6.07, 6.45) is 7.07. The van der Waals surface area contributed by atoms with Gasteiger partial charge in [0.05, 0.1) is 0 Å². The van der Waals surface area contributed by atoms with Crippen molar-refractivity contribution in [1.29, 1.82) is 0 Å². The molecule has 0 aromatic carbocycles. The Hall–Kier alpha value is -0.0400. The molecular formula is C11H25N. The number of hydrogen-bond donors (Lipinski definition) is 1. The molecule has 0 bridgehead atoms. The van der Waals surface area contributed by atoms with Gasteiger partial charge >= 0.3 is 0 Å². The molecule has 1 nitrogen and oxygen atoms in total. The van der Waals surface area contributed by atoms with Crippen LogP contribution in [0.2, 0.25) is 0 Å². The first kappa shape index (κ1) is 12.0. The molecule has 0 heterocycles. The first-order chi connectivity index (χ1) is 5.86. The molecule has 1 saturated carbocycles. The largest absolute Gasteiger partial charge is 0.317 e. The molecule has 0 radical (unpaired) electrons. The Labute approximate surface area is 77.9 Å². The van der Waals surface area contributed by atoms with Gasteiger partial charge < -0.3 is 5.32 Å². The van der Waals surface area contributed by atoms with E-state index in [4.69, 9.17) is 0 Å². The van der Waals surface area contributed by atoms with Crippen molar-refractivity contribution in [3.63, 3.8) is 0 Å². The van der Waals surface area contributed by atoms with Crippen molar-refractivity contribution >= 4 is 0 Å². The number of hydrogen-bond acceptors (Lipinski definition) is 1. The Morgan fingerprint density at radius 1 is 1.08 bits per heavy atom. The lowest BCUT2D eigenvalue weighted by atomic mass is 9.85. The van der Waals surface area contributed by atoms with E-state index >= 15 is 0 Å². The number of nitrogens with one attached hydrogen (secondary N) is 1. The molecule has 0 aromatic heterocycles. The zero-order chi connectivity index (χ0) is 9.40. The highest BCUT2D eigenvalue weighted by atomic mass is 14.9. The van der Waals surface area contributed by atoms with E-state index in [0.29, 0.717) is 0 Å². The molecule has 1 aliphatic carbocycles. The molecule has 1 rings (SSSR count). The highest BCUT2D eigenvalue weighted by Gasteiger charge is 2.17. The molecule has 0 saturated heterocycles. The van der Waals surface area contributed by atoms with Gasteiger partial charge in [-0.3, -0.25) is 0 Å². The highest BCUT2D eigenvalue weighted by Crippen LogP contribution is 2.25. The van der Waals surface area contributed by atoms with Crippen molar-refractivity contribution in [1.82, 2.24) is 5.32 Å². The molecule has 0 atom stereocenters. The van der Waals surface area contributed by atoms with Gasteiger partial charge in [0.2, 0.25) is 0 Å².